The predicted molar refractivity (Wildman–Crippen MR) is 78.8 cm³/mol. The summed E-state index contributed by atoms with van der Waals surface area (Å²) in [6.45, 7) is 0. The molecule has 0 bridgehead atoms. The molecule has 0 fully saturated rings. The smallest absolute Gasteiger partial charge is 0.239 e. The Morgan fingerprint density at radius 1 is 1.65 bits per heavy atom. The zero-order valence-corrected chi connectivity index (χ0v) is 12.5. The zero-order valence-electron chi connectivity index (χ0n) is 9.37. The number of hydrogen-bond acceptors (Lipinski definition) is 3. The van der Waals surface area contributed by atoms with Crippen LogP contribution in [-0.2, 0) is 4.79 Å². The standard InChI is InChI=1S/C11H14BrClN2OS/c1-17-5-4-10(11(14)16)15-7-2-3-9(13)8(12)6-7/h2-3,6,10,15H,4-5H2,1H3,(H2,14,16). The van der Waals surface area contributed by atoms with E-state index in [0.717, 1.165) is 15.9 Å². The van der Waals surface area contributed by atoms with Gasteiger partial charge in [0.15, 0.2) is 0 Å². The van der Waals surface area contributed by atoms with Gasteiger partial charge in [-0.25, -0.2) is 0 Å². The molecule has 1 aromatic carbocycles. The first-order valence-corrected chi connectivity index (χ1v) is 7.61. The third kappa shape index (κ3) is 4.77. The molecule has 0 radical (unpaired) electrons. The molecule has 0 heterocycles. The molecular weight excluding hydrogens is 324 g/mol. The number of hydrogen-bond donors (Lipinski definition) is 2. The van der Waals surface area contributed by atoms with Crippen LogP contribution in [0.25, 0.3) is 0 Å². The van der Waals surface area contributed by atoms with Crippen molar-refractivity contribution in [3.05, 3.63) is 27.7 Å². The Balaban J connectivity index is 2.71. The number of amides is 1. The number of nitrogens with one attached hydrogen (secondary N) is 1. The summed E-state index contributed by atoms with van der Waals surface area (Å²) < 4.78 is 0.789. The van der Waals surface area contributed by atoms with Gasteiger partial charge >= 0.3 is 0 Å². The third-order valence-corrected chi connectivity index (χ3v) is 4.07. The fourth-order valence-electron chi connectivity index (χ4n) is 1.31. The predicted octanol–water partition coefficient (Wildman–Crippen LogP) is 3.12. The molecule has 1 aromatic rings. The number of carbonyl (C=O) groups is 1. The molecule has 94 valence electrons. The minimum absolute atomic E-state index is 0.342. The molecular formula is C11H14BrClN2OS. The molecule has 1 rings (SSSR count). The van der Waals surface area contributed by atoms with Gasteiger partial charge in [0.25, 0.3) is 0 Å². The van der Waals surface area contributed by atoms with Gasteiger partial charge < -0.3 is 11.1 Å². The molecule has 0 aliphatic carbocycles. The van der Waals surface area contributed by atoms with E-state index in [0.29, 0.717) is 11.4 Å². The third-order valence-electron chi connectivity index (χ3n) is 2.21. The molecule has 0 aliphatic heterocycles. The van der Waals surface area contributed by atoms with Gasteiger partial charge in [0.05, 0.1) is 5.02 Å². The Bertz CT molecular complexity index is 403. The van der Waals surface area contributed by atoms with E-state index < -0.39 is 0 Å². The topological polar surface area (TPSA) is 55.1 Å². The summed E-state index contributed by atoms with van der Waals surface area (Å²) in [4.78, 5) is 11.3. The van der Waals surface area contributed by atoms with E-state index in [-0.39, 0.29) is 11.9 Å². The lowest BCUT2D eigenvalue weighted by molar-refractivity contribution is -0.118. The molecule has 1 atom stereocenters. The highest BCUT2D eigenvalue weighted by atomic mass is 79.9. The number of primary amides is 1. The molecule has 1 unspecified atom stereocenters. The number of rotatable bonds is 6. The maximum Gasteiger partial charge on any atom is 0.239 e. The second-order valence-corrected chi connectivity index (χ2v) is 5.76. The highest BCUT2D eigenvalue weighted by Gasteiger charge is 2.14. The van der Waals surface area contributed by atoms with Crippen molar-refractivity contribution in [2.45, 2.75) is 12.5 Å². The quantitative estimate of drug-likeness (QED) is 0.838. The van der Waals surface area contributed by atoms with Gasteiger partial charge in [-0.3, -0.25) is 4.79 Å². The van der Waals surface area contributed by atoms with E-state index in [1.165, 1.54) is 0 Å². The highest BCUT2D eigenvalue weighted by Crippen LogP contribution is 2.26. The minimum atomic E-state index is -0.351. The largest absolute Gasteiger partial charge is 0.374 e. The molecule has 3 N–H and O–H groups in total. The summed E-state index contributed by atoms with van der Waals surface area (Å²) in [7, 11) is 0. The van der Waals surface area contributed by atoms with E-state index in [1.807, 2.05) is 18.4 Å². The highest BCUT2D eigenvalue weighted by molar-refractivity contribution is 9.10. The second kappa shape index (κ2) is 7.13. The first-order valence-electron chi connectivity index (χ1n) is 5.04. The van der Waals surface area contributed by atoms with E-state index in [4.69, 9.17) is 17.3 Å². The molecule has 0 aromatic heterocycles. The normalized spacial score (nSPS) is 12.2. The van der Waals surface area contributed by atoms with E-state index in [2.05, 4.69) is 21.2 Å². The monoisotopic (exact) mass is 336 g/mol. The fourth-order valence-corrected chi connectivity index (χ4v) is 2.28. The van der Waals surface area contributed by atoms with Crippen LogP contribution in [0.4, 0.5) is 5.69 Å². The zero-order chi connectivity index (χ0) is 12.8. The number of anilines is 1. The Morgan fingerprint density at radius 3 is 2.88 bits per heavy atom. The molecule has 17 heavy (non-hydrogen) atoms. The molecule has 0 saturated heterocycles. The Kier molecular flexibility index (Phi) is 6.16. The lowest BCUT2D eigenvalue weighted by Crippen LogP contribution is -2.35. The van der Waals surface area contributed by atoms with E-state index in [1.54, 1.807) is 17.8 Å². The van der Waals surface area contributed by atoms with Crippen molar-refractivity contribution in [3.63, 3.8) is 0 Å². The van der Waals surface area contributed by atoms with Gasteiger partial charge in [0.2, 0.25) is 5.91 Å². The number of benzene rings is 1. The maximum absolute atomic E-state index is 11.3. The Morgan fingerprint density at radius 2 is 2.35 bits per heavy atom. The van der Waals surface area contributed by atoms with Gasteiger partial charge in [-0.15, -0.1) is 0 Å². The summed E-state index contributed by atoms with van der Waals surface area (Å²) >= 11 is 10.9. The van der Waals surface area contributed by atoms with Gasteiger partial charge in [0.1, 0.15) is 6.04 Å². The number of thioether (sulfide) groups is 1. The van der Waals surface area contributed by atoms with Crippen molar-refractivity contribution < 1.29 is 4.79 Å². The lowest BCUT2D eigenvalue weighted by atomic mass is 10.2. The van der Waals surface area contributed by atoms with Crippen LogP contribution in [0, 0.1) is 0 Å². The summed E-state index contributed by atoms with van der Waals surface area (Å²) in [5.41, 5.74) is 6.17. The van der Waals surface area contributed by atoms with Crippen LogP contribution in [0.3, 0.4) is 0 Å². The summed E-state index contributed by atoms with van der Waals surface area (Å²) in [5.74, 6) is 0.542. The van der Waals surface area contributed by atoms with Crippen LogP contribution < -0.4 is 11.1 Å². The Hall–Kier alpha value is -0.390. The van der Waals surface area contributed by atoms with Crippen LogP contribution >= 0.6 is 39.3 Å². The van der Waals surface area contributed by atoms with Crippen molar-refractivity contribution in [1.82, 2.24) is 0 Å². The first-order chi connectivity index (χ1) is 8.04. The lowest BCUT2D eigenvalue weighted by Gasteiger charge is -2.16. The molecule has 1 amide bonds. The molecule has 0 saturated carbocycles. The average molecular weight is 338 g/mol. The van der Waals surface area contributed by atoms with Crippen LogP contribution in [0.5, 0.6) is 0 Å². The summed E-state index contributed by atoms with van der Waals surface area (Å²) in [5, 5.41) is 3.74. The van der Waals surface area contributed by atoms with Crippen molar-refractivity contribution in [3.8, 4) is 0 Å². The van der Waals surface area contributed by atoms with Crippen molar-refractivity contribution in [2.24, 2.45) is 5.73 Å². The van der Waals surface area contributed by atoms with Crippen molar-refractivity contribution in [1.29, 1.82) is 0 Å². The van der Waals surface area contributed by atoms with Gasteiger partial charge in [0, 0.05) is 10.2 Å². The van der Waals surface area contributed by atoms with Crippen LogP contribution in [0.15, 0.2) is 22.7 Å². The van der Waals surface area contributed by atoms with Crippen LogP contribution in [-0.4, -0.2) is 24.0 Å². The molecule has 0 aliphatic rings. The first kappa shape index (κ1) is 14.7. The summed E-state index contributed by atoms with van der Waals surface area (Å²) in [6, 6.07) is 5.07. The van der Waals surface area contributed by atoms with Crippen molar-refractivity contribution in [2.75, 3.05) is 17.3 Å². The summed E-state index contributed by atoms with van der Waals surface area (Å²) in [6.07, 6.45) is 2.70. The maximum atomic E-state index is 11.3. The molecule has 6 heteroatoms. The van der Waals surface area contributed by atoms with Crippen LogP contribution in [0.1, 0.15) is 6.42 Å². The van der Waals surface area contributed by atoms with E-state index in [9.17, 15) is 4.79 Å². The second-order valence-electron chi connectivity index (χ2n) is 3.51. The SMILES string of the molecule is CSCCC(Nc1ccc(Cl)c(Br)c1)C(N)=O. The van der Waals surface area contributed by atoms with Gasteiger partial charge in [-0.1, -0.05) is 11.6 Å². The van der Waals surface area contributed by atoms with Gasteiger partial charge in [-0.05, 0) is 52.6 Å². The van der Waals surface area contributed by atoms with Crippen molar-refractivity contribution >= 4 is 50.9 Å². The Labute approximate surface area is 119 Å². The number of carbonyl (C=O) groups excluding carboxylic acids is 1. The molecule has 0 spiro atoms. The van der Waals surface area contributed by atoms with E-state index >= 15 is 0 Å². The fraction of sp³-hybridized carbons (Fsp3) is 0.364. The van der Waals surface area contributed by atoms with Gasteiger partial charge in [-0.2, -0.15) is 11.8 Å². The number of nitrogens with two attached hydrogens (primary N) is 1. The molecule has 3 nitrogen and oxygen atoms in total. The number of halogens is 2. The minimum Gasteiger partial charge on any atom is -0.374 e. The average Bonchev–Trinajstić information content (AvgIpc) is 2.28. The van der Waals surface area contributed by atoms with Crippen LogP contribution in [0.2, 0.25) is 5.02 Å².